The van der Waals surface area contributed by atoms with E-state index in [0.717, 1.165) is 11.3 Å². The SMILES string of the molecule is Cc1cnc(C(=O)N2c3ccccc3C[C@H]2C(N)=O)cn1. The number of nitrogens with two attached hydrogens (primary N) is 1. The highest BCUT2D eigenvalue weighted by Crippen LogP contribution is 2.32. The van der Waals surface area contributed by atoms with Gasteiger partial charge in [0.15, 0.2) is 0 Å². The molecule has 1 aliphatic heterocycles. The standard InChI is InChI=1S/C15H14N4O2/c1-9-7-18-11(8-17-9)15(21)19-12-5-3-2-4-10(12)6-13(19)14(16)20/h2-5,7-8,13H,6H2,1H3,(H2,16,20)/t13-/m0/s1. The second kappa shape index (κ2) is 4.97. The van der Waals surface area contributed by atoms with Crippen LogP contribution in [-0.4, -0.2) is 27.8 Å². The molecule has 6 heteroatoms. The normalized spacial score (nSPS) is 16.6. The summed E-state index contributed by atoms with van der Waals surface area (Å²) in [5.41, 5.74) is 7.99. The minimum atomic E-state index is -0.682. The van der Waals surface area contributed by atoms with Crippen molar-refractivity contribution in [3.05, 3.63) is 53.6 Å². The Balaban J connectivity index is 2.03. The molecule has 0 bridgehead atoms. The van der Waals surface area contributed by atoms with Crippen LogP contribution in [0.15, 0.2) is 36.7 Å². The van der Waals surface area contributed by atoms with Crippen LogP contribution in [-0.2, 0) is 11.2 Å². The molecule has 2 aromatic rings. The van der Waals surface area contributed by atoms with Crippen molar-refractivity contribution in [2.75, 3.05) is 4.90 Å². The van der Waals surface area contributed by atoms with E-state index in [2.05, 4.69) is 9.97 Å². The Morgan fingerprint density at radius 1 is 1.24 bits per heavy atom. The van der Waals surface area contributed by atoms with Crippen molar-refractivity contribution in [3.8, 4) is 0 Å². The number of primary amides is 1. The summed E-state index contributed by atoms with van der Waals surface area (Å²) in [6.45, 7) is 1.79. The summed E-state index contributed by atoms with van der Waals surface area (Å²) in [5, 5.41) is 0. The van der Waals surface area contributed by atoms with Gasteiger partial charge in [0.2, 0.25) is 5.91 Å². The topological polar surface area (TPSA) is 89.2 Å². The fourth-order valence-electron chi connectivity index (χ4n) is 2.49. The lowest BCUT2D eigenvalue weighted by atomic mass is 10.1. The lowest BCUT2D eigenvalue weighted by molar-refractivity contribution is -0.119. The molecule has 0 fully saturated rings. The monoisotopic (exact) mass is 282 g/mol. The molecule has 1 atom stereocenters. The summed E-state index contributed by atoms with van der Waals surface area (Å²) >= 11 is 0. The highest BCUT2D eigenvalue weighted by atomic mass is 16.2. The third kappa shape index (κ3) is 2.24. The molecule has 6 nitrogen and oxygen atoms in total. The van der Waals surface area contributed by atoms with Gasteiger partial charge in [-0.15, -0.1) is 0 Å². The van der Waals surface area contributed by atoms with Crippen LogP contribution in [0.4, 0.5) is 5.69 Å². The number of aromatic nitrogens is 2. The van der Waals surface area contributed by atoms with E-state index in [9.17, 15) is 9.59 Å². The highest BCUT2D eigenvalue weighted by molar-refractivity contribution is 6.10. The number of benzene rings is 1. The van der Waals surface area contributed by atoms with Gasteiger partial charge in [0.05, 0.1) is 11.9 Å². The van der Waals surface area contributed by atoms with Gasteiger partial charge in [0, 0.05) is 18.3 Å². The average Bonchev–Trinajstić information content (AvgIpc) is 2.87. The number of amides is 2. The number of fused-ring (bicyclic) bond motifs is 1. The number of rotatable bonds is 2. The van der Waals surface area contributed by atoms with E-state index in [1.54, 1.807) is 13.0 Å². The number of carbonyl (C=O) groups excluding carboxylic acids is 2. The van der Waals surface area contributed by atoms with Crippen LogP contribution in [0.3, 0.4) is 0 Å². The van der Waals surface area contributed by atoms with E-state index in [1.165, 1.54) is 17.3 Å². The van der Waals surface area contributed by atoms with E-state index >= 15 is 0 Å². The lowest BCUT2D eigenvalue weighted by Crippen LogP contribution is -2.46. The zero-order chi connectivity index (χ0) is 15.0. The van der Waals surface area contributed by atoms with Gasteiger partial charge in [0.25, 0.3) is 5.91 Å². The van der Waals surface area contributed by atoms with Gasteiger partial charge >= 0.3 is 0 Å². The van der Waals surface area contributed by atoms with Crippen LogP contribution >= 0.6 is 0 Å². The molecule has 2 N–H and O–H groups in total. The quantitative estimate of drug-likeness (QED) is 0.884. The van der Waals surface area contributed by atoms with Crippen molar-refractivity contribution >= 4 is 17.5 Å². The highest BCUT2D eigenvalue weighted by Gasteiger charge is 2.37. The van der Waals surface area contributed by atoms with Crippen LogP contribution in [0.1, 0.15) is 21.7 Å². The van der Waals surface area contributed by atoms with E-state index < -0.39 is 11.9 Å². The summed E-state index contributed by atoms with van der Waals surface area (Å²) < 4.78 is 0. The number of hydrogen-bond donors (Lipinski definition) is 1. The Bertz CT molecular complexity index is 712. The van der Waals surface area contributed by atoms with Crippen molar-refractivity contribution < 1.29 is 9.59 Å². The predicted molar refractivity (Wildman–Crippen MR) is 76.7 cm³/mol. The minimum absolute atomic E-state index is 0.198. The Labute approximate surface area is 121 Å². The maximum Gasteiger partial charge on any atom is 0.279 e. The molecule has 1 aromatic heterocycles. The van der Waals surface area contributed by atoms with Crippen molar-refractivity contribution in [2.24, 2.45) is 5.73 Å². The minimum Gasteiger partial charge on any atom is -0.368 e. The molecule has 0 aliphatic carbocycles. The van der Waals surface area contributed by atoms with Crippen molar-refractivity contribution in [2.45, 2.75) is 19.4 Å². The van der Waals surface area contributed by atoms with Crippen molar-refractivity contribution in [3.63, 3.8) is 0 Å². The molecule has 3 rings (SSSR count). The Morgan fingerprint density at radius 2 is 2.00 bits per heavy atom. The number of para-hydroxylation sites is 1. The summed E-state index contributed by atoms with van der Waals surface area (Å²) in [4.78, 5) is 33.9. The molecule has 0 radical (unpaired) electrons. The average molecular weight is 282 g/mol. The van der Waals surface area contributed by atoms with E-state index in [-0.39, 0.29) is 11.6 Å². The van der Waals surface area contributed by atoms with Gasteiger partial charge in [-0.2, -0.15) is 0 Å². The Kier molecular flexibility index (Phi) is 3.13. The van der Waals surface area contributed by atoms with Gasteiger partial charge < -0.3 is 5.73 Å². The van der Waals surface area contributed by atoms with Crippen molar-refractivity contribution in [1.82, 2.24) is 9.97 Å². The predicted octanol–water partition coefficient (Wildman–Crippen LogP) is 0.842. The number of carbonyl (C=O) groups is 2. The number of anilines is 1. The first-order valence-electron chi connectivity index (χ1n) is 6.57. The lowest BCUT2D eigenvalue weighted by Gasteiger charge is -2.22. The van der Waals surface area contributed by atoms with Gasteiger partial charge in [0.1, 0.15) is 11.7 Å². The fraction of sp³-hybridized carbons (Fsp3) is 0.200. The summed E-state index contributed by atoms with van der Waals surface area (Å²) in [5.74, 6) is -0.893. The molecule has 2 amide bonds. The van der Waals surface area contributed by atoms with Crippen LogP contribution in [0.25, 0.3) is 0 Å². The van der Waals surface area contributed by atoms with Gasteiger partial charge in [-0.1, -0.05) is 18.2 Å². The van der Waals surface area contributed by atoms with Crippen LogP contribution in [0, 0.1) is 6.92 Å². The summed E-state index contributed by atoms with van der Waals surface area (Å²) in [7, 11) is 0. The van der Waals surface area contributed by atoms with Gasteiger partial charge in [-0.25, -0.2) is 4.98 Å². The van der Waals surface area contributed by atoms with Gasteiger partial charge in [-0.3, -0.25) is 19.5 Å². The molecule has 2 heterocycles. The largest absolute Gasteiger partial charge is 0.368 e. The van der Waals surface area contributed by atoms with E-state index in [1.807, 2.05) is 18.2 Å². The second-order valence-corrected chi connectivity index (χ2v) is 4.97. The molecule has 106 valence electrons. The maximum absolute atomic E-state index is 12.7. The second-order valence-electron chi connectivity index (χ2n) is 4.97. The fourth-order valence-corrected chi connectivity index (χ4v) is 2.49. The molecule has 1 aromatic carbocycles. The van der Waals surface area contributed by atoms with E-state index in [4.69, 9.17) is 5.73 Å². The molecular weight excluding hydrogens is 268 g/mol. The summed E-state index contributed by atoms with van der Waals surface area (Å²) in [6, 6.07) is 6.70. The molecule has 21 heavy (non-hydrogen) atoms. The summed E-state index contributed by atoms with van der Waals surface area (Å²) in [6.07, 6.45) is 3.36. The van der Waals surface area contributed by atoms with Crippen LogP contribution in [0.2, 0.25) is 0 Å². The molecule has 1 aliphatic rings. The molecule has 0 unspecified atom stereocenters. The van der Waals surface area contributed by atoms with Crippen LogP contribution < -0.4 is 10.6 Å². The smallest absolute Gasteiger partial charge is 0.279 e. The van der Waals surface area contributed by atoms with E-state index in [0.29, 0.717) is 12.1 Å². The van der Waals surface area contributed by atoms with Crippen molar-refractivity contribution in [1.29, 1.82) is 0 Å². The number of hydrogen-bond acceptors (Lipinski definition) is 4. The zero-order valence-electron chi connectivity index (χ0n) is 11.5. The Hall–Kier alpha value is -2.76. The first-order chi connectivity index (χ1) is 10.1. The maximum atomic E-state index is 12.7. The third-order valence-corrected chi connectivity index (χ3v) is 3.52. The van der Waals surface area contributed by atoms with Crippen LogP contribution in [0.5, 0.6) is 0 Å². The molecule has 0 saturated heterocycles. The first kappa shape index (κ1) is 13.2. The molecular formula is C15H14N4O2. The number of aryl methyl sites for hydroxylation is 1. The molecule has 0 saturated carbocycles. The number of nitrogens with zero attached hydrogens (tertiary/aromatic N) is 3. The third-order valence-electron chi connectivity index (χ3n) is 3.52. The van der Waals surface area contributed by atoms with Gasteiger partial charge in [-0.05, 0) is 18.6 Å². The first-order valence-corrected chi connectivity index (χ1v) is 6.57. The molecule has 0 spiro atoms. The zero-order valence-corrected chi connectivity index (χ0v) is 11.5. The Morgan fingerprint density at radius 3 is 2.67 bits per heavy atom.